The van der Waals surface area contributed by atoms with Gasteiger partial charge >= 0.3 is 5.97 Å². The van der Waals surface area contributed by atoms with Crippen molar-refractivity contribution in [1.82, 2.24) is 4.90 Å². The summed E-state index contributed by atoms with van der Waals surface area (Å²) in [5, 5.41) is 0. The fourth-order valence-corrected chi connectivity index (χ4v) is 4.22. The maximum absolute atomic E-state index is 12.1. The first-order valence-corrected chi connectivity index (χ1v) is 9.01. The van der Waals surface area contributed by atoms with E-state index >= 15 is 0 Å². The Morgan fingerprint density at radius 1 is 1.39 bits per heavy atom. The SMILES string of the molecule is Cc1cccc(C(=O)OCC(=O)N(C)[C@H]2CCS(=O)(=O)C2)c1N. The number of nitrogen functional groups attached to an aromatic ring is 1. The van der Waals surface area contributed by atoms with Crippen LogP contribution >= 0.6 is 0 Å². The molecule has 0 spiro atoms. The summed E-state index contributed by atoms with van der Waals surface area (Å²) in [5.41, 5.74) is 7.10. The molecule has 1 aliphatic rings. The zero-order valence-corrected chi connectivity index (χ0v) is 13.9. The molecule has 0 bridgehead atoms. The zero-order valence-electron chi connectivity index (χ0n) is 13.1. The second-order valence-corrected chi connectivity index (χ2v) is 7.90. The van der Waals surface area contributed by atoms with E-state index in [-0.39, 0.29) is 23.1 Å². The molecular formula is C15H20N2O5S. The van der Waals surface area contributed by atoms with E-state index in [4.69, 9.17) is 10.5 Å². The van der Waals surface area contributed by atoms with E-state index in [1.165, 1.54) is 18.0 Å². The Bertz CT molecular complexity index is 729. The lowest BCUT2D eigenvalue weighted by atomic mass is 10.1. The van der Waals surface area contributed by atoms with Crippen molar-refractivity contribution in [3.05, 3.63) is 29.3 Å². The Morgan fingerprint density at radius 2 is 2.09 bits per heavy atom. The number of amides is 1. The number of nitrogens with zero attached hydrogens (tertiary/aromatic N) is 1. The van der Waals surface area contributed by atoms with E-state index in [1.54, 1.807) is 19.1 Å². The van der Waals surface area contributed by atoms with Gasteiger partial charge in [-0.2, -0.15) is 0 Å². The maximum atomic E-state index is 12.1. The second kappa shape index (κ2) is 6.57. The number of ether oxygens (including phenoxy) is 1. The summed E-state index contributed by atoms with van der Waals surface area (Å²) < 4.78 is 27.9. The predicted molar refractivity (Wildman–Crippen MR) is 85.7 cm³/mol. The number of nitrogens with two attached hydrogens (primary N) is 1. The van der Waals surface area contributed by atoms with Gasteiger partial charge < -0.3 is 15.4 Å². The minimum atomic E-state index is -3.08. The van der Waals surface area contributed by atoms with Crippen molar-refractivity contribution in [3.8, 4) is 0 Å². The van der Waals surface area contributed by atoms with Crippen molar-refractivity contribution >= 4 is 27.4 Å². The van der Waals surface area contributed by atoms with Gasteiger partial charge in [0.2, 0.25) is 0 Å². The van der Waals surface area contributed by atoms with Crippen LogP contribution in [0.15, 0.2) is 18.2 Å². The van der Waals surface area contributed by atoms with E-state index in [0.29, 0.717) is 12.1 Å². The summed E-state index contributed by atoms with van der Waals surface area (Å²) in [6.07, 6.45) is 0.406. The van der Waals surface area contributed by atoms with Crippen molar-refractivity contribution in [2.24, 2.45) is 0 Å². The van der Waals surface area contributed by atoms with Crippen LogP contribution < -0.4 is 5.73 Å². The third kappa shape index (κ3) is 4.01. The molecule has 2 N–H and O–H groups in total. The number of rotatable bonds is 4. The smallest absolute Gasteiger partial charge is 0.340 e. The number of para-hydroxylation sites is 1. The quantitative estimate of drug-likeness (QED) is 0.627. The van der Waals surface area contributed by atoms with E-state index in [9.17, 15) is 18.0 Å². The summed E-state index contributed by atoms with van der Waals surface area (Å²) in [6, 6.07) is 4.61. The topological polar surface area (TPSA) is 107 Å². The highest BCUT2D eigenvalue weighted by Crippen LogP contribution is 2.18. The molecule has 0 unspecified atom stereocenters. The minimum Gasteiger partial charge on any atom is -0.452 e. The summed E-state index contributed by atoms with van der Waals surface area (Å²) in [4.78, 5) is 25.4. The normalized spacial score (nSPS) is 19.3. The molecule has 0 aliphatic carbocycles. The standard InChI is InChI=1S/C15H20N2O5S/c1-10-4-3-5-12(14(10)16)15(19)22-8-13(18)17(2)11-6-7-23(20,21)9-11/h3-5,11H,6-9,16H2,1-2H3/t11-/m0/s1. The number of carbonyl (C=O) groups excluding carboxylic acids is 2. The second-order valence-electron chi connectivity index (χ2n) is 5.67. The Hall–Kier alpha value is -2.09. The fraction of sp³-hybridized carbons (Fsp3) is 0.467. The van der Waals surface area contributed by atoms with Crippen LogP contribution in [0, 0.1) is 6.92 Å². The first kappa shape index (κ1) is 17.3. The number of hydrogen-bond acceptors (Lipinski definition) is 6. The van der Waals surface area contributed by atoms with Crippen LogP contribution in [0.5, 0.6) is 0 Å². The molecule has 126 valence electrons. The highest BCUT2D eigenvalue weighted by Gasteiger charge is 2.33. The monoisotopic (exact) mass is 340 g/mol. The van der Waals surface area contributed by atoms with Gasteiger partial charge in [0.25, 0.3) is 5.91 Å². The Morgan fingerprint density at radius 3 is 2.70 bits per heavy atom. The van der Waals surface area contributed by atoms with Crippen LogP contribution in [0.1, 0.15) is 22.3 Å². The minimum absolute atomic E-state index is 0.0476. The van der Waals surface area contributed by atoms with Crippen LogP contribution in [0.25, 0.3) is 0 Å². The Labute approximate surface area is 135 Å². The number of hydrogen-bond donors (Lipinski definition) is 1. The first-order valence-electron chi connectivity index (χ1n) is 7.19. The number of likely N-dealkylation sites (N-methyl/N-ethyl adjacent to an activating group) is 1. The summed E-state index contributed by atoms with van der Waals surface area (Å²) in [5.74, 6) is -1.08. The number of aryl methyl sites for hydroxylation is 1. The third-order valence-electron chi connectivity index (χ3n) is 4.02. The van der Waals surface area contributed by atoms with Crippen molar-refractivity contribution in [2.75, 3.05) is 30.9 Å². The van der Waals surface area contributed by atoms with Crippen molar-refractivity contribution in [1.29, 1.82) is 0 Å². The fourth-order valence-electron chi connectivity index (χ4n) is 2.45. The highest BCUT2D eigenvalue weighted by molar-refractivity contribution is 7.91. The molecule has 0 radical (unpaired) electrons. The van der Waals surface area contributed by atoms with Gasteiger partial charge in [0.05, 0.1) is 17.1 Å². The van der Waals surface area contributed by atoms with Crippen LogP contribution in [0.2, 0.25) is 0 Å². The molecule has 1 heterocycles. The Balaban J connectivity index is 1.94. The van der Waals surface area contributed by atoms with Crippen molar-refractivity contribution in [2.45, 2.75) is 19.4 Å². The molecule has 8 heteroatoms. The number of carbonyl (C=O) groups is 2. The van der Waals surface area contributed by atoms with Gasteiger partial charge in [0.1, 0.15) is 0 Å². The van der Waals surface area contributed by atoms with Gasteiger partial charge in [-0.05, 0) is 25.0 Å². The molecular weight excluding hydrogens is 320 g/mol. The molecule has 1 fully saturated rings. The van der Waals surface area contributed by atoms with Crippen LogP contribution in [-0.2, 0) is 19.4 Å². The summed E-state index contributed by atoms with van der Waals surface area (Å²) >= 11 is 0. The average Bonchev–Trinajstić information content (AvgIpc) is 2.86. The molecule has 2 rings (SSSR count). The molecule has 1 amide bonds. The summed E-state index contributed by atoms with van der Waals surface area (Å²) in [7, 11) is -1.56. The van der Waals surface area contributed by atoms with E-state index in [2.05, 4.69) is 0 Å². The van der Waals surface area contributed by atoms with Crippen molar-refractivity contribution < 1.29 is 22.7 Å². The van der Waals surface area contributed by atoms with Crippen LogP contribution in [-0.4, -0.2) is 56.4 Å². The molecule has 23 heavy (non-hydrogen) atoms. The largest absolute Gasteiger partial charge is 0.452 e. The third-order valence-corrected chi connectivity index (χ3v) is 5.77. The van der Waals surface area contributed by atoms with Gasteiger partial charge in [0, 0.05) is 18.8 Å². The highest BCUT2D eigenvalue weighted by atomic mass is 32.2. The average molecular weight is 340 g/mol. The molecule has 1 aromatic carbocycles. The number of esters is 1. The lowest BCUT2D eigenvalue weighted by Gasteiger charge is -2.23. The van der Waals surface area contributed by atoms with E-state index < -0.39 is 28.3 Å². The number of anilines is 1. The number of benzene rings is 1. The number of sulfone groups is 1. The molecule has 1 atom stereocenters. The van der Waals surface area contributed by atoms with Crippen molar-refractivity contribution in [3.63, 3.8) is 0 Å². The van der Waals surface area contributed by atoms with Gasteiger partial charge in [0.15, 0.2) is 16.4 Å². The maximum Gasteiger partial charge on any atom is 0.340 e. The summed E-state index contributed by atoms with van der Waals surface area (Å²) in [6.45, 7) is 1.32. The van der Waals surface area contributed by atoms with E-state index in [1.807, 2.05) is 0 Å². The predicted octanol–water partition coefficient (Wildman–Crippen LogP) is 0.380. The van der Waals surface area contributed by atoms with Gasteiger partial charge in [-0.15, -0.1) is 0 Å². The zero-order chi connectivity index (χ0) is 17.2. The first-order chi connectivity index (χ1) is 10.7. The van der Waals surface area contributed by atoms with Gasteiger partial charge in [-0.25, -0.2) is 13.2 Å². The molecule has 1 saturated heterocycles. The van der Waals surface area contributed by atoms with Gasteiger partial charge in [-0.3, -0.25) is 4.79 Å². The van der Waals surface area contributed by atoms with Crippen LogP contribution in [0.3, 0.4) is 0 Å². The molecule has 1 aliphatic heterocycles. The molecule has 7 nitrogen and oxygen atoms in total. The Kier molecular flexibility index (Phi) is 4.93. The van der Waals surface area contributed by atoms with E-state index in [0.717, 1.165) is 5.56 Å². The lowest BCUT2D eigenvalue weighted by molar-refractivity contribution is -0.134. The van der Waals surface area contributed by atoms with Gasteiger partial charge in [-0.1, -0.05) is 12.1 Å². The van der Waals surface area contributed by atoms with Crippen LogP contribution in [0.4, 0.5) is 5.69 Å². The lowest BCUT2D eigenvalue weighted by Crippen LogP contribution is -2.40. The molecule has 0 saturated carbocycles. The molecule has 1 aromatic rings. The molecule has 0 aromatic heterocycles.